The molecule has 1 aromatic heterocycles. The minimum Gasteiger partial charge on any atom is -0.375 e. The Hall–Kier alpha value is -1.67. The van der Waals surface area contributed by atoms with Crippen LogP contribution in [0.2, 0.25) is 0 Å². The predicted octanol–water partition coefficient (Wildman–Crippen LogP) is 1.50. The lowest BCUT2D eigenvalue weighted by atomic mass is 10.1. The van der Waals surface area contributed by atoms with Gasteiger partial charge in [-0.1, -0.05) is 0 Å². The summed E-state index contributed by atoms with van der Waals surface area (Å²) in [5.74, 6) is -0.215. The molecule has 0 saturated carbocycles. The minimum absolute atomic E-state index is 0.0112. The Morgan fingerprint density at radius 1 is 1.35 bits per heavy atom. The summed E-state index contributed by atoms with van der Waals surface area (Å²) >= 11 is 0. The van der Waals surface area contributed by atoms with Crippen molar-refractivity contribution in [2.24, 2.45) is 5.92 Å². The predicted molar refractivity (Wildman–Crippen MR) is 75.9 cm³/mol. The number of pyridine rings is 1. The Kier molecular flexibility index (Phi) is 4.29. The van der Waals surface area contributed by atoms with Crippen molar-refractivity contribution in [1.82, 2.24) is 14.8 Å². The molecule has 126 valence electrons. The zero-order valence-electron chi connectivity index (χ0n) is 12.7. The molecule has 2 atom stereocenters. The van der Waals surface area contributed by atoms with Gasteiger partial charge in [-0.3, -0.25) is 9.78 Å². The highest BCUT2D eigenvalue weighted by atomic mass is 19.4. The number of nitrogens with zero attached hydrogens (tertiary/aromatic N) is 3. The molecule has 8 heteroatoms. The molecule has 0 N–H and O–H groups in total. The van der Waals surface area contributed by atoms with E-state index >= 15 is 0 Å². The van der Waals surface area contributed by atoms with Crippen molar-refractivity contribution < 1.29 is 22.7 Å². The number of ether oxygens (including phenoxy) is 1. The number of hydrogen-bond donors (Lipinski definition) is 0. The van der Waals surface area contributed by atoms with Crippen molar-refractivity contribution in [3.8, 4) is 0 Å². The molecule has 0 unspecified atom stereocenters. The third-order valence-corrected chi connectivity index (χ3v) is 4.32. The lowest BCUT2D eigenvalue weighted by Crippen LogP contribution is -2.32. The summed E-state index contributed by atoms with van der Waals surface area (Å²) < 4.78 is 43.9. The number of halogens is 3. The third kappa shape index (κ3) is 3.48. The molecule has 23 heavy (non-hydrogen) atoms. The Bertz CT molecular complexity index is 594. The van der Waals surface area contributed by atoms with Crippen LogP contribution < -0.4 is 0 Å². The number of hydrogen-bond acceptors (Lipinski definition) is 4. The van der Waals surface area contributed by atoms with Gasteiger partial charge in [0.05, 0.1) is 12.7 Å². The van der Waals surface area contributed by atoms with Gasteiger partial charge in [-0.2, -0.15) is 13.2 Å². The standard InChI is InChI=1S/C15H18F3N3O2/c1-20-4-5-23-12-9-21(8-11(12)7-20)14(22)10-2-3-19-13(6-10)15(16,17)18/h2-3,6,11-12H,4-5,7-9H2,1H3/t11-,12+/m0/s1. The fourth-order valence-electron chi connectivity index (χ4n) is 3.12. The van der Waals surface area contributed by atoms with E-state index < -0.39 is 17.8 Å². The average Bonchev–Trinajstić information content (AvgIpc) is 2.80. The molecule has 0 aromatic carbocycles. The molecule has 2 fully saturated rings. The van der Waals surface area contributed by atoms with E-state index in [1.54, 1.807) is 4.90 Å². The second kappa shape index (κ2) is 6.09. The molecular formula is C15H18F3N3O2. The zero-order valence-corrected chi connectivity index (χ0v) is 12.7. The molecule has 0 aliphatic carbocycles. The molecule has 5 nitrogen and oxygen atoms in total. The number of fused-ring (bicyclic) bond motifs is 1. The third-order valence-electron chi connectivity index (χ3n) is 4.32. The van der Waals surface area contributed by atoms with Gasteiger partial charge in [0, 0.05) is 43.9 Å². The second-order valence-electron chi connectivity index (χ2n) is 6.07. The van der Waals surface area contributed by atoms with Crippen molar-refractivity contribution >= 4 is 5.91 Å². The SMILES string of the molecule is CN1CCO[C@@H]2CN(C(=O)c3ccnc(C(F)(F)F)c3)C[C@@H]2C1. The van der Waals surface area contributed by atoms with Crippen LogP contribution in [0.5, 0.6) is 0 Å². The summed E-state index contributed by atoms with van der Waals surface area (Å²) in [7, 11) is 1.99. The van der Waals surface area contributed by atoms with E-state index in [-0.39, 0.29) is 17.6 Å². The zero-order chi connectivity index (χ0) is 16.6. The van der Waals surface area contributed by atoms with E-state index in [9.17, 15) is 18.0 Å². The van der Waals surface area contributed by atoms with Gasteiger partial charge in [-0.05, 0) is 19.2 Å². The first-order chi connectivity index (χ1) is 10.8. The number of likely N-dealkylation sites (tertiary alicyclic amines) is 1. The van der Waals surface area contributed by atoms with E-state index in [0.29, 0.717) is 19.7 Å². The molecule has 0 radical (unpaired) electrons. The second-order valence-corrected chi connectivity index (χ2v) is 6.07. The normalized spacial score (nSPS) is 26.0. The molecule has 0 spiro atoms. The van der Waals surface area contributed by atoms with Crippen LogP contribution in [0.4, 0.5) is 13.2 Å². The maximum Gasteiger partial charge on any atom is 0.433 e. The van der Waals surface area contributed by atoms with Gasteiger partial charge in [0.2, 0.25) is 0 Å². The molecule has 2 aliphatic rings. The van der Waals surface area contributed by atoms with Gasteiger partial charge in [-0.15, -0.1) is 0 Å². The minimum atomic E-state index is -4.56. The van der Waals surface area contributed by atoms with E-state index in [4.69, 9.17) is 4.74 Å². The largest absolute Gasteiger partial charge is 0.433 e. The van der Waals surface area contributed by atoms with Crippen LogP contribution in [0.25, 0.3) is 0 Å². The number of carbonyl (C=O) groups is 1. The van der Waals surface area contributed by atoms with Crippen LogP contribution >= 0.6 is 0 Å². The summed E-state index contributed by atoms with van der Waals surface area (Å²) in [6.45, 7) is 3.19. The fraction of sp³-hybridized carbons (Fsp3) is 0.600. The fourth-order valence-corrected chi connectivity index (χ4v) is 3.12. The molecule has 3 rings (SSSR count). The van der Waals surface area contributed by atoms with Gasteiger partial charge in [0.1, 0.15) is 5.69 Å². The quantitative estimate of drug-likeness (QED) is 0.783. The highest BCUT2D eigenvalue weighted by molar-refractivity contribution is 5.94. The van der Waals surface area contributed by atoms with Crippen LogP contribution in [0.3, 0.4) is 0 Å². The van der Waals surface area contributed by atoms with Crippen molar-refractivity contribution in [3.05, 3.63) is 29.6 Å². The number of carbonyl (C=O) groups excluding carboxylic acids is 1. The summed E-state index contributed by atoms with van der Waals surface area (Å²) in [5, 5.41) is 0. The highest BCUT2D eigenvalue weighted by Gasteiger charge is 2.39. The maximum absolute atomic E-state index is 12.7. The van der Waals surface area contributed by atoms with E-state index in [2.05, 4.69) is 9.88 Å². The van der Waals surface area contributed by atoms with Crippen molar-refractivity contribution in [2.75, 3.05) is 39.8 Å². The summed E-state index contributed by atoms with van der Waals surface area (Å²) in [6, 6.07) is 2.13. The highest BCUT2D eigenvalue weighted by Crippen LogP contribution is 2.29. The molecule has 0 bridgehead atoms. The van der Waals surface area contributed by atoms with Crippen molar-refractivity contribution in [2.45, 2.75) is 12.3 Å². The lowest BCUT2D eigenvalue weighted by Gasteiger charge is -2.19. The molecule has 2 aliphatic heterocycles. The average molecular weight is 329 g/mol. The van der Waals surface area contributed by atoms with Crippen LogP contribution in [-0.4, -0.2) is 66.6 Å². The molecule has 1 amide bonds. The van der Waals surface area contributed by atoms with Crippen molar-refractivity contribution in [1.29, 1.82) is 0 Å². The molecule has 3 heterocycles. The van der Waals surface area contributed by atoms with Gasteiger partial charge >= 0.3 is 6.18 Å². The number of rotatable bonds is 1. The van der Waals surface area contributed by atoms with E-state index in [1.165, 1.54) is 6.07 Å². The topological polar surface area (TPSA) is 45.7 Å². The Morgan fingerprint density at radius 2 is 2.13 bits per heavy atom. The first-order valence-electron chi connectivity index (χ1n) is 7.47. The lowest BCUT2D eigenvalue weighted by molar-refractivity contribution is -0.141. The van der Waals surface area contributed by atoms with Crippen LogP contribution in [0.1, 0.15) is 16.1 Å². The Balaban J connectivity index is 1.74. The number of amides is 1. The molecule has 1 aromatic rings. The Labute approximate surface area is 132 Å². The Morgan fingerprint density at radius 3 is 2.87 bits per heavy atom. The molecule has 2 saturated heterocycles. The maximum atomic E-state index is 12.7. The number of alkyl halides is 3. The monoisotopic (exact) mass is 329 g/mol. The summed E-state index contributed by atoms with van der Waals surface area (Å²) in [5.41, 5.74) is -1.04. The summed E-state index contributed by atoms with van der Waals surface area (Å²) in [4.78, 5) is 19.5. The van der Waals surface area contributed by atoms with Gasteiger partial charge in [0.15, 0.2) is 0 Å². The molecular weight excluding hydrogens is 311 g/mol. The van der Waals surface area contributed by atoms with Crippen LogP contribution in [0, 0.1) is 5.92 Å². The van der Waals surface area contributed by atoms with Crippen LogP contribution in [-0.2, 0) is 10.9 Å². The van der Waals surface area contributed by atoms with Gasteiger partial charge < -0.3 is 14.5 Å². The number of likely N-dealkylation sites (N-methyl/N-ethyl adjacent to an activating group) is 1. The van der Waals surface area contributed by atoms with Crippen LogP contribution in [0.15, 0.2) is 18.3 Å². The van der Waals surface area contributed by atoms with E-state index in [1.807, 2.05) is 7.05 Å². The van der Waals surface area contributed by atoms with Crippen molar-refractivity contribution in [3.63, 3.8) is 0 Å². The first-order valence-corrected chi connectivity index (χ1v) is 7.47. The van der Waals surface area contributed by atoms with E-state index in [0.717, 1.165) is 25.4 Å². The first kappa shape index (κ1) is 16.2. The van der Waals surface area contributed by atoms with Gasteiger partial charge in [0.25, 0.3) is 5.91 Å². The number of aromatic nitrogens is 1. The summed E-state index contributed by atoms with van der Waals surface area (Å²) in [6.07, 6.45) is -3.58. The van der Waals surface area contributed by atoms with Gasteiger partial charge in [-0.25, -0.2) is 0 Å². The smallest absolute Gasteiger partial charge is 0.375 e.